The molecule has 1 rings (SSSR count). The van der Waals surface area contributed by atoms with E-state index in [2.05, 4.69) is 19.0 Å². The van der Waals surface area contributed by atoms with Crippen LogP contribution < -0.4 is 0 Å². The summed E-state index contributed by atoms with van der Waals surface area (Å²) in [6.07, 6.45) is 4.64. The average molecular weight is 303 g/mol. The largest absolute Gasteiger partial charge is 0.396 e. The molecule has 1 aromatic rings. The van der Waals surface area contributed by atoms with E-state index < -0.39 is 10.1 Å². The number of hydrogen-bond donors (Lipinski definition) is 2. The average Bonchev–Trinajstić information content (AvgIpc) is 2.39. The molecular formula is C14H25NO4S. The highest BCUT2D eigenvalue weighted by Crippen LogP contribution is 2.05. The van der Waals surface area contributed by atoms with Crippen molar-refractivity contribution in [1.82, 2.24) is 4.90 Å². The van der Waals surface area contributed by atoms with Crippen LogP contribution in [0.25, 0.3) is 0 Å². The molecule has 0 aliphatic heterocycles. The van der Waals surface area contributed by atoms with Gasteiger partial charge in [-0.05, 0) is 45.6 Å². The van der Waals surface area contributed by atoms with Gasteiger partial charge in [-0.1, -0.05) is 31.0 Å². The molecule has 0 radical (unpaired) electrons. The second-order valence-electron chi connectivity index (χ2n) is 4.73. The molecule has 0 aliphatic carbocycles. The molecule has 1 aromatic carbocycles. The third kappa shape index (κ3) is 10.9. The Kier molecular flexibility index (Phi) is 10.3. The highest BCUT2D eigenvalue weighted by atomic mass is 32.2. The lowest BCUT2D eigenvalue weighted by molar-refractivity contribution is 0.280. The van der Waals surface area contributed by atoms with Crippen molar-refractivity contribution >= 4 is 10.1 Å². The third-order valence-corrected chi connectivity index (χ3v) is 3.42. The molecule has 5 nitrogen and oxygen atoms in total. The summed E-state index contributed by atoms with van der Waals surface area (Å²) in [7, 11) is 0.176. The minimum Gasteiger partial charge on any atom is -0.396 e. The summed E-state index contributed by atoms with van der Waals surface area (Å²) in [6.45, 7) is 1.52. The first-order chi connectivity index (χ1) is 9.38. The molecule has 0 fully saturated rings. The fourth-order valence-corrected chi connectivity index (χ4v) is 1.99. The van der Waals surface area contributed by atoms with Gasteiger partial charge in [-0.15, -0.1) is 0 Å². The molecule has 0 heterocycles. The van der Waals surface area contributed by atoms with E-state index in [1.807, 2.05) is 0 Å². The first-order valence-corrected chi connectivity index (χ1v) is 8.10. The summed E-state index contributed by atoms with van der Waals surface area (Å²) >= 11 is 0. The van der Waals surface area contributed by atoms with Crippen LogP contribution in [0.15, 0.2) is 35.2 Å². The Hall–Kier alpha value is -0.950. The Morgan fingerprint density at radius 1 is 1.00 bits per heavy atom. The Bertz CT molecular complexity index is 432. The van der Waals surface area contributed by atoms with Crippen molar-refractivity contribution in [1.29, 1.82) is 0 Å². The normalized spacial score (nSPS) is 11.1. The smallest absolute Gasteiger partial charge is 0.294 e. The standard InChI is InChI=1S/C8H19NO.C6H6O3S/c1-9(2)7-5-3-4-6-8-10;7-10(8,9)6-4-2-1-3-5-6/h10H,3-8H2,1-2H3;1-5H,(H,7,8,9). The van der Waals surface area contributed by atoms with Crippen molar-refractivity contribution in [2.24, 2.45) is 0 Å². The quantitative estimate of drug-likeness (QED) is 0.595. The van der Waals surface area contributed by atoms with E-state index in [1.54, 1.807) is 18.2 Å². The number of hydrogen-bond acceptors (Lipinski definition) is 4. The van der Waals surface area contributed by atoms with E-state index in [1.165, 1.54) is 37.9 Å². The van der Waals surface area contributed by atoms with Crippen LogP contribution in [0.2, 0.25) is 0 Å². The van der Waals surface area contributed by atoms with Gasteiger partial charge in [0.25, 0.3) is 10.1 Å². The molecule has 0 aromatic heterocycles. The fourth-order valence-electron chi connectivity index (χ4n) is 1.49. The van der Waals surface area contributed by atoms with Crippen LogP contribution >= 0.6 is 0 Å². The lowest BCUT2D eigenvalue weighted by Crippen LogP contribution is -2.12. The van der Waals surface area contributed by atoms with Gasteiger partial charge in [-0.2, -0.15) is 8.42 Å². The van der Waals surface area contributed by atoms with Crippen LogP contribution in [0, 0.1) is 0 Å². The van der Waals surface area contributed by atoms with Gasteiger partial charge in [-0.3, -0.25) is 4.55 Å². The van der Waals surface area contributed by atoms with Gasteiger partial charge in [0, 0.05) is 6.61 Å². The van der Waals surface area contributed by atoms with E-state index >= 15 is 0 Å². The number of nitrogens with zero attached hydrogens (tertiary/aromatic N) is 1. The first-order valence-electron chi connectivity index (χ1n) is 6.66. The Labute approximate surface area is 122 Å². The minimum absolute atomic E-state index is 0.0741. The second-order valence-corrected chi connectivity index (χ2v) is 6.15. The Balaban J connectivity index is 0.000000361. The summed E-state index contributed by atoms with van der Waals surface area (Å²) < 4.78 is 29.2. The Morgan fingerprint density at radius 2 is 1.55 bits per heavy atom. The Morgan fingerprint density at radius 3 is 1.95 bits per heavy atom. The number of benzene rings is 1. The summed E-state index contributed by atoms with van der Waals surface area (Å²) in [6, 6.07) is 7.42. The van der Waals surface area contributed by atoms with Crippen molar-refractivity contribution < 1.29 is 18.1 Å². The van der Waals surface area contributed by atoms with Gasteiger partial charge in [0.05, 0.1) is 4.90 Å². The van der Waals surface area contributed by atoms with E-state index in [0.29, 0.717) is 6.61 Å². The second kappa shape index (κ2) is 10.8. The van der Waals surface area contributed by atoms with Gasteiger partial charge in [0.15, 0.2) is 0 Å². The molecule has 0 saturated carbocycles. The predicted octanol–water partition coefficient (Wildman–Crippen LogP) is 2.03. The monoisotopic (exact) mass is 303 g/mol. The van der Waals surface area contributed by atoms with Crippen molar-refractivity contribution in [3.8, 4) is 0 Å². The van der Waals surface area contributed by atoms with Crippen LogP contribution in [0.5, 0.6) is 0 Å². The van der Waals surface area contributed by atoms with Gasteiger partial charge in [-0.25, -0.2) is 0 Å². The molecule has 6 heteroatoms. The zero-order chi connectivity index (χ0) is 15.4. The van der Waals surface area contributed by atoms with E-state index in [0.717, 1.165) is 6.42 Å². The maximum atomic E-state index is 10.4. The van der Waals surface area contributed by atoms with Gasteiger partial charge in [0.1, 0.15) is 0 Å². The lowest BCUT2D eigenvalue weighted by Gasteiger charge is -2.07. The maximum Gasteiger partial charge on any atom is 0.294 e. The van der Waals surface area contributed by atoms with Crippen molar-refractivity contribution in [3.05, 3.63) is 30.3 Å². The number of aliphatic hydroxyl groups is 1. The van der Waals surface area contributed by atoms with Crippen LogP contribution in [-0.2, 0) is 10.1 Å². The van der Waals surface area contributed by atoms with Crippen molar-refractivity contribution in [2.45, 2.75) is 30.6 Å². The van der Waals surface area contributed by atoms with Gasteiger partial charge < -0.3 is 10.0 Å². The molecular weight excluding hydrogens is 278 g/mol. The van der Waals surface area contributed by atoms with Crippen LogP contribution in [0.1, 0.15) is 25.7 Å². The third-order valence-electron chi connectivity index (χ3n) is 2.55. The van der Waals surface area contributed by atoms with Gasteiger partial charge >= 0.3 is 0 Å². The van der Waals surface area contributed by atoms with E-state index in [4.69, 9.17) is 9.66 Å². The molecule has 0 saturated heterocycles. The molecule has 116 valence electrons. The minimum atomic E-state index is -4.00. The summed E-state index contributed by atoms with van der Waals surface area (Å²) in [4.78, 5) is 2.12. The summed E-state index contributed by atoms with van der Waals surface area (Å²) in [5.41, 5.74) is 0. The fraction of sp³-hybridized carbons (Fsp3) is 0.571. The zero-order valence-corrected chi connectivity index (χ0v) is 13.0. The summed E-state index contributed by atoms with van der Waals surface area (Å²) in [5, 5.41) is 8.46. The topological polar surface area (TPSA) is 77.8 Å². The van der Waals surface area contributed by atoms with Crippen molar-refractivity contribution in [3.63, 3.8) is 0 Å². The molecule has 2 N–H and O–H groups in total. The highest BCUT2D eigenvalue weighted by Gasteiger charge is 2.05. The van der Waals surface area contributed by atoms with E-state index in [-0.39, 0.29) is 4.90 Å². The number of unbranched alkanes of at least 4 members (excludes halogenated alkanes) is 3. The van der Waals surface area contributed by atoms with Crippen LogP contribution in [-0.4, -0.2) is 50.2 Å². The molecule has 20 heavy (non-hydrogen) atoms. The molecule has 0 atom stereocenters. The number of aliphatic hydroxyl groups excluding tert-OH is 1. The molecule has 0 amide bonds. The van der Waals surface area contributed by atoms with Crippen LogP contribution in [0.3, 0.4) is 0 Å². The molecule has 0 spiro atoms. The zero-order valence-electron chi connectivity index (χ0n) is 12.2. The van der Waals surface area contributed by atoms with E-state index in [9.17, 15) is 8.42 Å². The number of rotatable bonds is 7. The summed E-state index contributed by atoms with van der Waals surface area (Å²) in [5.74, 6) is 0. The first kappa shape index (κ1) is 19.1. The lowest BCUT2D eigenvalue weighted by atomic mass is 10.2. The molecule has 0 bridgehead atoms. The SMILES string of the molecule is CN(C)CCCCCCO.O=S(=O)(O)c1ccccc1. The van der Waals surface area contributed by atoms with Crippen LogP contribution in [0.4, 0.5) is 0 Å². The van der Waals surface area contributed by atoms with Gasteiger partial charge in [0.2, 0.25) is 0 Å². The molecule has 0 aliphatic rings. The maximum absolute atomic E-state index is 10.4. The predicted molar refractivity (Wildman–Crippen MR) is 80.4 cm³/mol. The molecule has 0 unspecified atom stereocenters. The highest BCUT2D eigenvalue weighted by molar-refractivity contribution is 7.85. The van der Waals surface area contributed by atoms with Crippen molar-refractivity contribution in [2.75, 3.05) is 27.2 Å².